The molecule has 1 heterocycles. The van der Waals surface area contributed by atoms with E-state index >= 15 is 0 Å². The van der Waals surface area contributed by atoms with E-state index in [9.17, 15) is 4.39 Å². The minimum absolute atomic E-state index is 0.0759. The Labute approximate surface area is 98.7 Å². The summed E-state index contributed by atoms with van der Waals surface area (Å²) in [5, 5.41) is 16.0. The first kappa shape index (κ1) is 11.6. The van der Waals surface area contributed by atoms with Crippen molar-refractivity contribution in [1.82, 2.24) is 9.78 Å². The van der Waals surface area contributed by atoms with Crippen LogP contribution in [0.1, 0.15) is 5.56 Å². The van der Waals surface area contributed by atoms with Gasteiger partial charge in [0.2, 0.25) is 0 Å². The molecule has 0 aliphatic heterocycles. The first-order valence-corrected chi connectivity index (χ1v) is 5.39. The van der Waals surface area contributed by atoms with Crippen LogP contribution in [-0.2, 0) is 13.1 Å². The van der Waals surface area contributed by atoms with E-state index in [1.165, 1.54) is 12.1 Å². The van der Waals surface area contributed by atoms with Crippen LogP contribution < -0.4 is 5.32 Å². The van der Waals surface area contributed by atoms with E-state index < -0.39 is 0 Å². The Kier molecular flexibility index (Phi) is 3.72. The van der Waals surface area contributed by atoms with Crippen molar-refractivity contribution in [2.45, 2.75) is 13.1 Å². The van der Waals surface area contributed by atoms with Crippen molar-refractivity contribution in [3.8, 4) is 0 Å². The summed E-state index contributed by atoms with van der Waals surface area (Å²) in [5.74, 6) is -0.244. The molecule has 5 heteroatoms. The molecule has 0 spiro atoms. The summed E-state index contributed by atoms with van der Waals surface area (Å²) in [6.45, 7) is 1.19. The molecule has 0 fully saturated rings. The van der Waals surface area contributed by atoms with Crippen molar-refractivity contribution in [2.24, 2.45) is 0 Å². The molecule has 2 aromatic rings. The second kappa shape index (κ2) is 5.45. The molecular weight excluding hydrogens is 221 g/mol. The number of aliphatic hydroxyl groups is 1. The summed E-state index contributed by atoms with van der Waals surface area (Å²) in [5.41, 5.74) is 1.88. The van der Waals surface area contributed by atoms with Crippen LogP contribution in [-0.4, -0.2) is 21.5 Å². The van der Waals surface area contributed by atoms with Gasteiger partial charge < -0.3 is 10.4 Å². The quantitative estimate of drug-likeness (QED) is 0.828. The summed E-state index contributed by atoms with van der Waals surface area (Å²) >= 11 is 0. The number of hydrogen-bond acceptors (Lipinski definition) is 3. The molecule has 0 aliphatic rings. The van der Waals surface area contributed by atoms with Crippen molar-refractivity contribution in [3.63, 3.8) is 0 Å². The monoisotopic (exact) mass is 235 g/mol. The van der Waals surface area contributed by atoms with Crippen molar-refractivity contribution >= 4 is 5.69 Å². The van der Waals surface area contributed by atoms with Crippen LogP contribution in [0.25, 0.3) is 0 Å². The van der Waals surface area contributed by atoms with Crippen LogP contribution in [0.2, 0.25) is 0 Å². The Balaban J connectivity index is 1.90. The molecule has 0 atom stereocenters. The lowest BCUT2D eigenvalue weighted by atomic mass is 10.3. The van der Waals surface area contributed by atoms with Gasteiger partial charge in [-0.3, -0.25) is 4.68 Å². The van der Waals surface area contributed by atoms with Gasteiger partial charge in [-0.25, -0.2) is 4.39 Å². The van der Waals surface area contributed by atoms with Crippen molar-refractivity contribution < 1.29 is 9.50 Å². The topological polar surface area (TPSA) is 50.1 Å². The molecule has 0 amide bonds. The zero-order chi connectivity index (χ0) is 12.1. The van der Waals surface area contributed by atoms with E-state index in [0.29, 0.717) is 13.1 Å². The zero-order valence-electron chi connectivity index (χ0n) is 9.31. The number of hydrogen-bond donors (Lipinski definition) is 2. The third-order valence-electron chi connectivity index (χ3n) is 2.36. The number of anilines is 1. The fourth-order valence-corrected chi connectivity index (χ4v) is 1.49. The van der Waals surface area contributed by atoms with Crippen LogP contribution in [0.5, 0.6) is 0 Å². The predicted molar refractivity (Wildman–Crippen MR) is 63.0 cm³/mol. The fraction of sp³-hybridized carbons (Fsp3) is 0.250. The number of aliphatic hydroxyl groups excluding tert-OH is 1. The van der Waals surface area contributed by atoms with Gasteiger partial charge in [-0.05, 0) is 24.3 Å². The van der Waals surface area contributed by atoms with Crippen molar-refractivity contribution in [1.29, 1.82) is 0 Å². The van der Waals surface area contributed by atoms with Crippen LogP contribution in [0.4, 0.5) is 10.1 Å². The molecule has 2 rings (SSSR count). The smallest absolute Gasteiger partial charge is 0.123 e. The van der Waals surface area contributed by atoms with E-state index in [4.69, 9.17) is 5.11 Å². The van der Waals surface area contributed by atoms with E-state index in [1.54, 1.807) is 23.0 Å². The second-order valence-electron chi connectivity index (χ2n) is 3.70. The van der Waals surface area contributed by atoms with Gasteiger partial charge in [-0.1, -0.05) is 0 Å². The summed E-state index contributed by atoms with van der Waals surface area (Å²) in [4.78, 5) is 0. The lowest BCUT2D eigenvalue weighted by Gasteiger charge is -2.03. The van der Waals surface area contributed by atoms with Crippen LogP contribution in [0.15, 0.2) is 36.7 Å². The Morgan fingerprint density at radius 3 is 2.76 bits per heavy atom. The number of aromatic nitrogens is 2. The number of nitrogens with zero attached hydrogens (tertiary/aromatic N) is 2. The number of halogens is 1. The Hall–Kier alpha value is -1.88. The maximum absolute atomic E-state index is 12.7. The average molecular weight is 235 g/mol. The Bertz CT molecular complexity index is 467. The van der Waals surface area contributed by atoms with Crippen molar-refractivity contribution in [3.05, 3.63) is 48.0 Å². The largest absolute Gasteiger partial charge is 0.394 e. The van der Waals surface area contributed by atoms with Crippen LogP contribution in [0, 0.1) is 5.82 Å². The molecule has 4 nitrogen and oxygen atoms in total. The molecule has 17 heavy (non-hydrogen) atoms. The van der Waals surface area contributed by atoms with Gasteiger partial charge in [0.05, 0.1) is 19.3 Å². The maximum Gasteiger partial charge on any atom is 0.123 e. The first-order valence-electron chi connectivity index (χ1n) is 5.39. The number of benzene rings is 1. The SMILES string of the molecule is OCCn1cc(CNc2ccc(F)cc2)cn1. The summed E-state index contributed by atoms with van der Waals surface area (Å²) in [6, 6.07) is 6.20. The van der Waals surface area contributed by atoms with Crippen LogP contribution >= 0.6 is 0 Å². The highest BCUT2D eigenvalue weighted by Crippen LogP contribution is 2.10. The zero-order valence-corrected chi connectivity index (χ0v) is 9.31. The lowest BCUT2D eigenvalue weighted by Crippen LogP contribution is -2.02. The third kappa shape index (κ3) is 3.29. The highest BCUT2D eigenvalue weighted by molar-refractivity contribution is 5.43. The summed E-state index contributed by atoms with van der Waals surface area (Å²) in [6.07, 6.45) is 3.61. The fourth-order valence-electron chi connectivity index (χ4n) is 1.49. The number of rotatable bonds is 5. The molecule has 2 N–H and O–H groups in total. The molecule has 1 aromatic heterocycles. The van der Waals surface area contributed by atoms with Gasteiger partial charge in [-0.2, -0.15) is 5.10 Å². The first-order chi connectivity index (χ1) is 8.28. The van der Waals surface area contributed by atoms with E-state index in [0.717, 1.165) is 11.3 Å². The molecule has 0 radical (unpaired) electrons. The van der Waals surface area contributed by atoms with Crippen LogP contribution in [0.3, 0.4) is 0 Å². The number of nitrogens with one attached hydrogen (secondary N) is 1. The molecule has 0 bridgehead atoms. The maximum atomic E-state index is 12.7. The summed E-state index contributed by atoms with van der Waals surface area (Å²) in [7, 11) is 0. The molecule has 0 saturated carbocycles. The second-order valence-corrected chi connectivity index (χ2v) is 3.70. The minimum atomic E-state index is -0.244. The standard InChI is InChI=1S/C12H14FN3O/c13-11-1-3-12(4-2-11)14-7-10-8-15-16(9-10)5-6-17/h1-4,8-9,14,17H,5-7H2. The van der Waals surface area contributed by atoms with Gasteiger partial charge in [0.15, 0.2) is 0 Å². The average Bonchev–Trinajstić information content (AvgIpc) is 2.77. The van der Waals surface area contributed by atoms with Gasteiger partial charge in [0.1, 0.15) is 5.82 Å². The van der Waals surface area contributed by atoms with E-state index in [-0.39, 0.29) is 12.4 Å². The highest BCUT2D eigenvalue weighted by Gasteiger charge is 1.98. The molecule has 0 unspecified atom stereocenters. The molecule has 0 saturated heterocycles. The van der Waals surface area contributed by atoms with Crippen molar-refractivity contribution in [2.75, 3.05) is 11.9 Å². The molecule has 1 aromatic carbocycles. The van der Waals surface area contributed by atoms with Gasteiger partial charge in [-0.15, -0.1) is 0 Å². The molecule has 90 valence electrons. The third-order valence-corrected chi connectivity index (χ3v) is 2.36. The Morgan fingerprint density at radius 1 is 1.29 bits per heavy atom. The van der Waals surface area contributed by atoms with Gasteiger partial charge >= 0.3 is 0 Å². The highest BCUT2D eigenvalue weighted by atomic mass is 19.1. The minimum Gasteiger partial charge on any atom is -0.394 e. The lowest BCUT2D eigenvalue weighted by molar-refractivity contribution is 0.269. The normalized spacial score (nSPS) is 10.5. The molecular formula is C12H14FN3O. The summed E-state index contributed by atoms with van der Waals surface area (Å²) < 4.78 is 14.4. The van der Waals surface area contributed by atoms with Gasteiger partial charge in [0, 0.05) is 24.0 Å². The Morgan fingerprint density at radius 2 is 2.06 bits per heavy atom. The van der Waals surface area contributed by atoms with E-state index in [1.807, 2.05) is 6.20 Å². The molecule has 0 aliphatic carbocycles. The van der Waals surface area contributed by atoms with Gasteiger partial charge in [0.25, 0.3) is 0 Å². The van der Waals surface area contributed by atoms with E-state index in [2.05, 4.69) is 10.4 Å². The predicted octanol–water partition coefficient (Wildman–Crippen LogP) is 1.63.